The maximum atomic E-state index is 5.72. The average Bonchev–Trinajstić information content (AvgIpc) is 2.40. The molecule has 0 fully saturated rings. The molecule has 88 valence electrons. The van der Waals surface area contributed by atoms with Gasteiger partial charge in [0.05, 0.1) is 5.60 Å². The Balaban J connectivity index is 2.56. The fourth-order valence-electron chi connectivity index (χ4n) is 1.99. The standard InChI is InChI=1S/C15H18OSi/c1-15(2,16-17)14-11-7-6-10-13(14)12-8-4-3-5-9-12/h3-11H,1-2,17H3. The number of hydrogen-bond donors (Lipinski definition) is 0. The second-order valence-electron chi connectivity index (χ2n) is 4.63. The monoisotopic (exact) mass is 242 g/mol. The van der Waals surface area contributed by atoms with Crippen molar-refractivity contribution in [1.82, 2.24) is 0 Å². The van der Waals surface area contributed by atoms with Crippen LogP contribution >= 0.6 is 0 Å². The van der Waals surface area contributed by atoms with Gasteiger partial charge in [-0.15, -0.1) is 0 Å². The smallest absolute Gasteiger partial charge is 0.147 e. The first-order valence-electron chi connectivity index (χ1n) is 5.85. The van der Waals surface area contributed by atoms with Gasteiger partial charge in [0.25, 0.3) is 0 Å². The van der Waals surface area contributed by atoms with Crippen molar-refractivity contribution in [2.75, 3.05) is 0 Å². The minimum Gasteiger partial charge on any atom is -0.419 e. The zero-order chi connectivity index (χ0) is 12.3. The molecule has 0 amide bonds. The van der Waals surface area contributed by atoms with Crippen molar-refractivity contribution in [3.63, 3.8) is 0 Å². The van der Waals surface area contributed by atoms with Crippen LogP contribution in [0.1, 0.15) is 19.4 Å². The summed E-state index contributed by atoms with van der Waals surface area (Å²) in [4.78, 5) is 0. The summed E-state index contributed by atoms with van der Waals surface area (Å²) >= 11 is 0. The van der Waals surface area contributed by atoms with Crippen LogP contribution in [0.15, 0.2) is 54.6 Å². The van der Waals surface area contributed by atoms with Crippen LogP contribution in [0.4, 0.5) is 0 Å². The van der Waals surface area contributed by atoms with Crippen molar-refractivity contribution >= 4 is 10.5 Å². The predicted molar refractivity (Wildman–Crippen MR) is 75.9 cm³/mol. The van der Waals surface area contributed by atoms with Gasteiger partial charge in [-0.1, -0.05) is 54.6 Å². The second kappa shape index (κ2) is 4.86. The number of hydrogen-bond acceptors (Lipinski definition) is 1. The van der Waals surface area contributed by atoms with Gasteiger partial charge in [0.1, 0.15) is 10.5 Å². The Bertz CT molecular complexity index is 491. The van der Waals surface area contributed by atoms with Crippen LogP contribution in [-0.4, -0.2) is 10.5 Å². The molecule has 0 saturated carbocycles. The molecule has 0 aliphatic carbocycles. The number of rotatable bonds is 3. The van der Waals surface area contributed by atoms with Crippen LogP contribution in [0.5, 0.6) is 0 Å². The average molecular weight is 242 g/mol. The zero-order valence-corrected chi connectivity index (χ0v) is 12.6. The summed E-state index contributed by atoms with van der Waals surface area (Å²) in [5.41, 5.74) is 3.55. The van der Waals surface area contributed by atoms with Gasteiger partial charge in [0.15, 0.2) is 0 Å². The third kappa shape index (κ3) is 2.48. The molecule has 0 aromatic heterocycles. The van der Waals surface area contributed by atoms with Crippen LogP contribution < -0.4 is 0 Å². The lowest BCUT2D eigenvalue weighted by atomic mass is 9.90. The molecule has 0 aliphatic rings. The Morgan fingerprint density at radius 3 is 2.12 bits per heavy atom. The molecular formula is C15H18OSi. The van der Waals surface area contributed by atoms with Crippen LogP contribution in [0, 0.1) is 0 Å². The molecule has 0 N–H and O–H groups in total. The quantitative estimate of drug-likeness (QED) is 0.752. The van der Waals surface area contributed by atoms with Crippen LogP contribution in [0.3, 0.4) is 0 Å². The van der Waals surface area contributed by atoms with E-state index in [9.17, 15) is 0 Å². The molecule has 2 heteroatoms. The van der Waals surface area contributed by atoms with E-state index in [4.69, 9.17) is 4.43 Å². The van der Waals surface area contributed by atoms with E-state index in [1.807, 2.05) is 6.07 Å². The molecule has 0 aliphatic heterocycles. The third-order valence-electron chi connectivity index (χ3n) is 3.17. The summed E-state index contributed by atoms with van der Waals surface area (Å²) in [7, 11) is 0.742. The van der Waals surface area contributed by atoms with Gasteiger partial charge in [-0.2, -0.15) is 0 Å². The zero-order valence-electron chi connectivity index (χ0n) is 10.6. The fraction of sp³-hybridized carbons (Fsp3) is 0.200. The highest BCUT2D eigenvalue weighted by Gasteiger charge is 2.22. The van der Waals surface area contributed by atoms with Gasteiger partial charge in [-0.05, 0) is 30.5 Å². The third-order valence-corrected chi connectivity index (χ3v) is 4.19. The molecular weight excluding hydrogens is 224 g/mol. The normalized spacial score (nSPS) is 11.6. The van der Waals surface area contributed by atoms with E-state index >= 15 is 0 Å². The highest BCUT2D eigenvalue weighted by atomic mass is 28.2. The minimum atomic E-state index is -0.210. The van der Waals surface area contributed by atoms with E-state index in [0.29, 0.717) is 0 Å². The van der Waals surface area contributed by atoms with Crippen molar-refractivity contribution in [2.24, 2.45) is 0 Å². The van der Waals surface area contributed by atoms with Gasteiger partial charge in [0.2, 0.25) is 0 Å². The maximum absolute atomic E-state index is 5.72. The van der Waals surface area contributed by atoms with Gasteiger partial charge in [-0.3, -0.25) is 0 Å². The van der Waals surface area contributed by atoms with Crippen LogP contribution in [-0.2, 0) is 10.0 Å². The molecule has 0 unspecified atom stereocenters. The van der Waals surface area contributed by atoms with E-state index < -0.39 is 0 Å². The Kier molecular flexibility index (Phi) is 3.45. The molecule has 17 heavy (non-hydrogen) atoms. The summed E-state index contributed by atoms with van der Waals surface area (Å²) in [5, 5.41) is 0. The van der Waals surface area contributed by atoms with E-state index in [2.05, 4.69) is 62.4 Å². The molecule has 0 atom stereocenters. The molecule has 1 nitrogen and oxygen atoms in total. The first-order valence-corrected chi connectivity index (χ1v) is 6.67. The van der Waals surface area contributed by atoms with Crippen LogP contribution in [0.25, 0.3) is 11.1 Å². The maximum Gasteiger partial charge on any atom is 0.147 e. The van der Waals surface area contributed by atoms with E-state index in [-0.39, 0.29) is 5.60 Å². The second-order valence-corrected chi connectivity index (χ2v) is 5.03. The van der Waals surface area contributed by atoms with Gasteiger partial charge in [-0.25, -0.2) is 0 Å². The Hall–Kier alpha value is -1.38. The minimum absolute atomic E-state index is 0.210. The summed E-state index contributed by atoms with van der Waals surface area (Å²) in [5.74, 6) is 0. The van der Waals surface area contributed by atoms with Crippen molar-refractivity contribution in [3.05, 3.63) is 60.2 Å². The molecule has 0 spiro atoms. The van der Waals surface area contributed by atoms with E-state index in [0.717, 1.165) is 10.5 Å². The predicted octanol–water partition coefficient (Wildman–Crippen LogP) is 2.89. The molecule has 0 saturated heterocycles. The van der Waals surface area contributed by atoms with Gasteiger partial charge >= 0.3 is 0 Å². The summed E-state index contributed by atoms with van der Waals surface area (Å²) in [6, 6.07) is 18.9. The lowest BCUT2D eigenvalue weighted by Gasteiger charge is -2.27. The summed E-state index contributed by atoms with van der Waals surface area (Å²) in [6.07, 6.45) is 0. The molecule has 2 aromatic carbocycles. The lowest BCUT2D eigenvalue weighted by Crippen LogP contribution is -2.21. The Morgan fingerprint density at radius 2 is 1.47 bits per heavy atom. The van der Waals surface area contributed by atoms with Crippen LogP contribution in [0.2, 0.25) is 0 Å². The Morgan fingerprint density at radius 1 is 0.882 bits per heavy atom. The molecule has 0 radical (unpaired) electrons. The highest BCUT2D eigenvalue weighted by molar-refractivity contribution is 5.98. The molecule has 0 bridgehead atoms. The fourth-order valence-corrected chi connectivity index (χ4v) is 2.21. The first kappa shape index (κ1) is 12.1. The summed E-state index contributed by atoms with van der Waals surface area (Å²) < 4.78 is 5.72. The largest absolute Gasteiger partial charge is 0.419 e. The highest BCUT2D eigenvalue weighted by Crippen LogP contribution is 2.33. The lowest BCUT2D eigenvalue weighted by molar-refractivity contribution is 0.124. The van der Waals surface area contributed by atoms with E-state index in [1.165, 1.54) is 16.7 Å². The van der Waals surface area contributed by atoms with Crippen molar-refractivity contribution < 1.29 is 4.43 Å². The van der Waals surface area contributed by atoms with Gasteiger partial charge < -0.3 is 4.43 Å². The summed E-state index contributed by atoms with van der Waals surface area (Å²) in [6.45, 7) is 4.25. The van der Waals surface area contributed by atoms with Gasteiger partial charge in [0, 0.05) is 0 Å². The molecule has 2 rings (SSSR count). The van der Waals surface area contributed by atoms with Crippen molar-refractivity contribution in [2.45, 2.75) is 19.4 Å². The van der Waals surface area contributed by atoms with Crippen molar-refractivity contribution in [1.29, 1.82) is 0 Å². The molecule has 2 aromatic rings. The van der Waals surface area contributed by atoms with E-state index in [1.54, 1.807) is 0 Å². The topological polar surface area (TPSA) is 9.23 Å². The van der Waals surface area contributed by atoms with Crippen molar-refractivity contribution in [3.8, 4) is 11.1 Å². The molecule has 0 heterocycles. The number of benzene rings is 2. The SMILES string of the molecule is CC(C)(O[SiH3])c1ccccc1-c1ccccc1. The first-order chi connectivity index (χ1) is 8.15. The Labute approximate surface area is 106 Å².